The van der Waals surface area contributed by atoms with Gasteiger partial charge < -0.3 is 26.5 Å². The fourth-order valence-corrected chi connectivity index (χ4v) is 3.39. The van der Waals surface area contributed by atoms with Gasteiger partial charge in [-0.3, -0.25) is 4.79 Å². The fraction of sp³-hybridized carbons (Fsp3) is 0.192. The van der Waals surface area contributed by atoms with Crippen LogP contribution >= 0.6 is 0 Å². The summed E-state index contributed by atoms with van der Waals surface area (Å²) in [5.41, 5.74) is 9.65. The monoisotopic (exact) mass is 443 g/mol. The van der Waals surface area contributed by atoms with Gasteiger partial charge in [-0.25, -0.2) is 4.98 Å². The molecule has 0 aliphatic carbocycles. The van der Waals surface area contributed by atoms with Crippen LogP contribution in [0.3, 0.4) is 0 Å². The third kappa shape index (κ3) is 7.02. The predicted molar refractivity (Wildman–Crippen MR) is 132 cm³/mol. The number of benzene rings is 2. The maximum absolute atomic E-state index is 13.1. The van der Waals surface area contributed by atoms with Crippen LogP contribution in [0.1, 0.15) is 27.0 Å². The summed E-state index contributed by atoms with van der Waals surface area (Å²) >= 11 is 0. The smallest absolute Gasteiger partial charge is 0.255 e. The van der Waals surface area contributed by atoms with E-state index in [1.165, 1.54) is 6.21 Å². The second-order valence-electron chi connectivity index (χ2n) is 7.55. The minimum Gasteiger partial charge on any atom is -0.393 e. The van der Waals surface area contributed by atoms with Crippen LogP contribution in [0.4, 0.5) is 5.82 Å². The largest absolute Gasteiger partial charge is 0.393 e. The van der Waals surface area contributed by atoms with E-state index in [-0.39, 0.29) is 23.3 Å². The summed E-state index contributed by atoms with van der Waals surface area (Å²) in [7, 11) is 1.74. The molecule has 2 aromatic carbocycles. The molecule has 1 aromatic heterocycles. The lowest BCUT2D eigenvalue weighted by Crippen LogP contribution is -2.40. The zero-order valence-electron chi connectivity index (χ0n) is 18.6. The highest BCUT2D eigenvalue weighted by molar-refractivity contribution is 6.09. The molecule has 5 N–H and O–H groups in total. The van der Waals surface area contributed by atoms with Crippen molar-refractivity contribution in [3.8, 4) is 0 Å². The molecule has 3 aromatic rings. The molecule has 1 atom stereocenters. The first kappa shape index (κ1) is 23.7. The van der Waals surface area contributed by atoms with Crippen LogP contribution in [-0.4, -0.2) is 36.8 Å². The molecule has 0 bridgehead atoms. The molecule has 1 heterocycles. The van der Waals surface area contributed by atoms with Gasteiger partial charge >= 0.3 is 0 Å². The summed E-state index contributed by atoms with van der Waals surface area (Å²) in [6.45, 7) is 0.798. The van der Waals surface area contributed by atoms with E-state index in [2.05, 4.69) is 15.6 Å². The minimum absolute atomic E-state index is 0.133. The molecule has 0 aliphatic rings. The van der Waals surface area contributed by atoms with Crippen LogP contribution < -0.4 is 16.4 Å². The van der Waals surface area contributed by atoms with E-state index < -0.39 is 0 Å². The van der Waals surface area contributed by atoms with Crippen molar-refractivity contribution in [3.05, 3.63) is 101 Å². The van der Waals surface area contributed by atoms with Crippen molar-refractivity contribution >= 4 is 23.5 Å². The molecule has 0 spiro atoms. The molecular formula is C26H29N5O2. The summed E-state index contributed by atoms with van der Waals surface area (Å²) in [6.07, 6.45) is 5.02. The molecular weight excluding hydrogens is 414 g/mol. The Morgan fingerprint density at radius 2 is 1.79 bits per heavy atom. The Kier molecular flexibility index (Phi) is 8.73. The van der Waals surface area contributed by atoms with E-state index in [1.807, 2.05) is 60.7 Å². The van der Waals surface area contributed by atoms with Crippen LogP contribution in [0, 0.1) is 5.41 Å². The number of pyridine rings is 1. The Labute approximate surface area is 194 Å². The van der Waals surface area contributed by atoms with Crippen molar-refractivity contribution in [1.82, 2.24) is 15.6 Å². The summed E-state index contributed by atoms with van der Waals surface area (Å²) in [5.74, 6) is -0.200. The average Bonchev–Trinajstić information content (AvgIpc) is 2.84. The van der Waals surface area contributed by atoms with E-state index in [0.717, 1.165) is 11.1 Å². The Balaban J connectivity index is 1.75. The number of allylic oxidation sites excluding steroid dienone is 1. The molecule has 7 heteroatoms. The first-order valence-corrected chi connectivity index (χ1v) is 10.7. The van der Waals surface area contributed by atoms with E-state index in [4.69, 9.17) is 15.9 Å². The Hall–Kier alpha value is -3.97. The zero-order chi connectivity index (χ0) is 23.5. The second kappa shape index (κ2) is 12.2. The molecule has 0 saturated heterocycles. The number of carbonyl (C=O) groups excluding carboxylic acids is 1. The second-order valence-corrected chi connectivity index (χ2v) is 7.55. The van der Waals surface area contributed by atoms with Gasteiger partial charge in [0.1, 0.15) is 5.82 Å². The lowest BCUT2D eigenvalue weighted by Gasteiger charge is -2.20. The van der Waals surface area contributed by atoms with Crippen molar-refractivity contribution < 1.29 is 9.53 Å². The highest BCUT2D eigenvalue weighted by atomic mass is 16.5. The lowest BCUT2D eigenvalue weighted by molar-refractivity contribution is 0.0798. The maximum atomic E-state index is 13.1. The van der Waals surface area contributed by atoms with Gasteiger partial charge in [0.2, 0.25) is 0 Å². The number of anilines is 1. The summed E-state index contributed by atoms with van der Waals surface area (Å²) in [5, 5.41) is 13.5. The Morgan fingerprint density at radius 3 is 2.42 bits per heavy atom. The number of hydrogen-bond acceptors (Lipinski definition) is 6. The first-order chi connectivity index (χ1) is 16.1. The van der Waals surface area contributed by atoms with E-state index in [1.54, 1.807) is 25.5 Å². The number of rotatable bonds is 11. The third-order valence-electron chi connectivity index (χ3n) is 5.04. The Morgan fingerprint density at radius 1 is 1.12 bits per heavy atom. The number of hydrogen-bond donors (Lipinski definition) is 4. The van der Waals surface area contributed by atoms with Crippen molar-refractivity contribution in [3.63, 3.8) is 0 Å². The number of ether oxygens (including phenoxy) is 1. The standard InChI is InChI=1S/C26H29N5O2/c1-29-15-22(14-27)21-13-24(25(28)30-16-21)26(32)31-23(12-19-8-4-2-5-9-19)18-33-17-20-10-6-3-7-11-20/h2-11,13-16,23,27,29H,12,17-18H2,1H3,(H2,28,30)(H,31,32)/b22-15+,27-14?. The van der Waals surface area contributed by atoms with E-state index in [0.29, 0.717) is 30.8 Å². The Bertz CT molecular complexity index is 1080. The minimum atomic E-state index is -0.333. The number of nitrogen functional groups attached to an aromatic ring is 1. The number of amides is 1. The molecule has 33 heavy (non-hydrogen) atoms. The number of nitrogens with two attached hydrogens (primary N) is 1. The van der Waals surface area contributed by atoms with Crippen LogP contribution in [0.5, 0.6) is 0 Å². The predicted octanol–water partition coefficient (Wildman–Crippen LogP) is 3.43. The molecule has 0 fully saturated rings. The average molecular weight is 444 g/mol. The molecule has 170 valence electrons. The highest BCUT2D eigenvalue weighted by Gasteiger charge is 2.18. The van der Waals surface area contributed by atoms with Gasteiger partial charge in [0.15, 0.2) is 0 Å². The third-order valence-corrected chi connectivity index (χ3v) is 5.04. The van der Waals surface area contributed by atoms with E-state index >= 15 is 0 Å². The molecule has 0 saturated carbocycles. The van der Waals surface area contributed by atoms with Gasteiger partial charge in [-0.05, 0) is 23.6 Å². The molecule has 3 rings (SSSR count). The van der Waals surface area contributed by atoms with E-state index in [9.17, 15) is 4.79 Å². The van der Waals surface area contributed by atoms with Crippen molar-refractivity contribution in [1.29, 1.82) is 5.41 Å². The highest BCUT2D eigenvalue weighted by Crippen LogP contribution is 2.17. The van der Waals surface area contributed by atoms with Gasteiger partial charge in [0, 0.05) is 36.8 Å². The van der Waals surface area contributed by atoms with Crippen molar-refractivity contribution in [2.45, 2.75) is 19.1 Å². The van der Waals surface area contributed by atoms with Crippen LogP contribution in [-0.2, 0) is 17.8 Å². The molecule has 1 unspecified atom stereocenters. The summed E-state index contributed by atoms with van der Waals surface area (Å²) in [6, 6.07) is 21.2. The number of nitrogens with one attached hydrogen (secondary N) is 3. The normalized spacial score (nSPS) is 12.1. The fourth-order valence-electron chi connectivity index (χ4n) is 3.39. The summed E-state index contributed by atoms with van der Waals surface area (Å²) < 4.78 is 5.92. The van der Waals surface area contributed by atoms with Crippen LogP contribution in [0.15, 0.2) is 79.1 Å². The lowest BCUT2D eigenvalue weighted by atomic mass is 10.0. The molecule has 7 nitrogen and oxygen atoms in total. The first-order valence-electron chi connectivity index (χ1n) is 10.7. The number of nitrogens with zero attached hydrogens (tertiary/aromatic N) is 1. The van der Waals surface area contributed by atoms with Crippen molar-refractivity contribution in [2.75, 3.05) is 19.4 Å². The SMILES string of the molecule is CN/C=C(\C=N)c1cnc(N)c(C(=O)NC(COCc2ccccc2)Cc2ccccc2)c1. The molecule has 1 amide bonds. The van der Waals surface area contributed by atoms with Gasteiger partial charge in [-0.2, -0.15) is 0 Å². The number of aromatic nitrogens is 1. The van der Waals surface area contributed by atoms with Gasteiger partial charge in [-0.15, -0.1) is 0 Å². The summed E-state index contributed by atoms with van der Waals surface area (Å²) in [4.78, 5) is 17.3. The zero-order valence-corrected chi connectivity index (χ0v) is 18.6. The van der Waals surface area contributed by atoms with Crippen molar-refractivity contribution in [2.24, 2.45) is 0 Å². The van der Waals surface area contributed by atoms with Gasteiger partial charge in [0.05, 0.1) is 24.8 Å². The van der Waals surface area contributed by atoms with Gasteiger partial charge in [-0.1, -0.05) is 60.7 Å². The van der Waals surface area contributed by atoms with Crippen LogP contribution in [0.2, 0.25) is 0 Å². The molecule has 0 radical (unpaired) electrons. The quantitative estimate of drug-likeness (QED) is 0.339. The topological polar surface area (TPSA) is 113 Å². The van der Waals surface area contributed by atoms with Gasteiger partial charge in [0.25, 0.3) is 5.91 Å². The maximum Gasteiger partial charge on any atom is 0.255 e. The molecule has 0 aliphatic heterocycles. The number of carbonyl (C=O) groups is 1. The van der Waals surface area contributed by atoms with Crippen LogP contribution in [0.25, 0.3) is 5.57 Å².